The number of hydrogen-bond acceptors (Lipinski definition) is 16. The van der Waals surface area contributed by atoms with Crippen LogP contribution in [0, 0.1) is 0 Å². The van der Waals surface area contributed by atoms with Crippen molar-refractivity contribution in [3.63, 3.8) is 0 Å². The third-order valence-corrected chi connectivity index (χ3v) is 0. The van der Waals surface area contributed by atoms with E-state index in [-0.39, 0.29) is 33.4 Å². The largest absolute Gasteiger partial charge is 0 e. The quantitative estimate of drug-likeness (QED) is 0.227. The van der Waals surface area contributed by atoms with E-state index >= 15 is 0 Å². The van der Waals surface area contributed by atoms with Gasteiger partial charge in [-0.25, -0.2) is 0 Å². The number of hydrogen-bond donors (Lipinski definition) is 2. The first-order valence-electron chi connectivity index (χ1n) is 2.67. The maximum atomic E-state index is 8.65. The topological polar surface area (TPSA) is 394 Å². The van der Waals surface area contributed by atoms with Crippen LogP contribution in [0.15, 0.2) is 0 Å². The third-order valence-electron chi connectivity index (χ3n) is 0. The molecule has 0 fully saturated rings. The average Bonchev–Trinajstić information content (AvgIpc) is 1.62. The van der Waals surface area contributed by atoms with Crippen LogP contribution in [-0.4, -0.2) is 0 Å². The average molecular weight is 1210 g/mol. The molecule has 0 radical (unpaired) electrons. The van der Waals surface area contributed by atoms with Gasteiger partial charge < -0.3 is 12.3 Å². The molecule has 0 saturated carbocycles. The van der Waals surface area contributed by atoms with Crippen molar-refractivity contribution in [2.75, 3.05) is 0 Å². The van der Waals surface area contributed by atoms with E-state index in [0.29, 0.717) is 0 Å². The molecule has 0 atom stereocenters. The fourth-order valence-electron chi connectivity index (χ4n) is 0. The second kappa shape index (κ2) is 18.2. The van der Waals surface area contributed by atoms with E-state index in [1.807, 2.05) is 0 Å². The molecule has 0 bridgehead atoms. The first-order chi connectivity index (χ1) is 8.00. The van der Waals surface area contributed by atoms with Gasteiger partial charge in [-0.1, -0.05) is 0 Å². The fraction of sp³-hybridized carbons (Fsp3) is 0. The molecular formula is H8N2O16W5-6. The van der Waals surface area contributed by atoms with Gasteiger partial charge in [-0.05, 0) is 0 Å². The molecule has 0 saturated heterocycles. The second-order valence-electron chi connectivity index (χ2n) is 1.63. The monoisotopic (exact) mass is 1210 g/mol. The predicted molar refractivity (Wildman–Crippen MR) is 17.5 cm³/mol. The summed E-state index contributed by atoms with van der Waals surface area (Å²) in [7, 11) is 0. The van der Waals surface area contributed by atoms with Gasteiger partial charge in [0, 0.05) is 21.1 Å². The van der Waals surface area contributed by atoms with E-state index in [4.69, 9.17) is 57.3 Å². The van der Waals surface area contributed by atoms with Crippen molar-refractivity contribution in [3.05, 3.63) is 0 Å². The minimum Gasteiger partial charge on any atom is 0 e. The maximum Gasteiger partial charge on any atom is 0 e. The van der Waals surface area contributed by atoms with E-state index in [1.54, 1.807) is 0 Å². The van der Waals surface area contributed by atoms with Crippen molar-refractivity contribution in [1.82, 2.24) is 12.3 Å². The Labute approximate surface area is 156 Å². The van der Waals surface area contributed by atoms with Gasteiger partial charge in [0.25, 0.3) is 0 Å². The van der Waals surface area contributed by atoms with Gasteiger partial charge in [0.15, 0.2) is 0 Å². The molecule has 0 aromatic rings. The Bertz CT molecular complexity index is 479. The van der Waals surface area contributed by atoms with Gasteiger partial charge in [-0.3, -0.25) is 0 Å². The Balaban J connectivity index is -0.0000000284. The Morgan fingerprint density at radius 1 is 0.348 bits per heavy atom. The second-order valence-corrected chi connectivity index (χ2v) is 13.4. The van der Waals surface area contributed by atoms with Crippen LogP contribution < -0.4 is 42.4 Å². The van der Waals surface area contributed by atoms with Crippen molar-refractivity contribution in [2.24, 2.45) is 0 Å². The van der Waals surface area contributed by atoms with Gasteiger partial charge in [0.05, 0.1) is 0 Å². The summed E-state index contributed by atoms with van der Waals surface area (Å²) in [6, 6.07) is 0. The van der Waals surface area contributed by atoms with E-state index in [1.165, 1.54) is 0 Å². The molecule has 0 aliphatic heterocycles. The summed E-state index contributed by atoms with van der Waals surface area (Å²) in [6.07, 6.45) is 0. The minimum absolute atomic E-state index is 0. The summed E-state index contributed by atoms with van der Waals surface area (Å²) in [5.74, 6) is 0. The predicted octanol–water partition coefficient (Wildman–Crippen LogP) is -9.72. The zero-order valence-corrected chi connectivity index (χ0v) is 25.2. The molecular weight excluding hydrogens is 1200 g/mol. The van der Waals surface area contributed by atoms with Crippen molar-refractivity contribution in [1.29, 1.82) is 0 Å². The van der Waals surface area contributed by atoms with Crippen LogP contribution in [0.2, 0.25) is 0 Å². The van der Waals surface area contributed by atoms with E-state index in [2.05, 4.69) is 0 Å². The molecule has 23 heavy (non-hydrogen) atoms. The molecule has 150 valence electrons. The summed E-state index contributed by atoms with van der Waals surface area (Å²) in [5.41, 5.74) is 0. The van der Waals surface area contributed by atoms with Gasteiger partial charge in [0.2, 0.25) is 0 Å². The molecule has 0 aromatic carbocycles. The molecule has 0 amide bonds. The molecule has 0 spiro atoms. The Hall–Kier alpha value is 1.44. The van der Waals surface area contributed by atoms with Crippen molar-refractivity contribution in [2.45, 2.75) is 0 Å². The van der Waals surface area contributed by atoms with Crippen LogP contribution in [0.4, 0.5) is 0 Å². The first-order valence-corrected chi connectivity index (χ1v) is 21.8. The van der Waals surface area contributed by atoms with E-state index in [0.717, 1.165) is 0 Å². The summed E-state index contributed by atoms with van der Waals surface area (Å²) >= 11 is -24.7. The standard InChI is InChI=1S/2H3N.16O.5W/h2*1H3;;;;;;;;;;;;;;;;;;;;;/q;;;;;;;;;;8*-1;;;;;/p+2. The summed E-state index contributed by atoms with van der Waals surface area (Å²) in [6.45, 7) is 0. The SMILES string of the molecule is [NH4+].[NH4+].[O]=[W](=[O])([O-])[O-].[O]=[W](=[O])([O-])[O-].[O]=[W](=[O])([O-])[O-].[O]=[W](=[O])([O-])[O-].[W]. The Kier molecular flexibility index (Phi) is 35.0. The first kappa shape index (κ1) is 44.2. The van der Waals surface area contributed by atoms with Crippen LogP contribution >= 0.6 is 0 Å². The number of quaternary nitrogens is 2. The van der Waals surface area contributed by atoms with Crippen LogP contribution in [-0.2, 0) is 115 Å². The summed E-state index contributed by atoms with van der Waals surface area (Å²) in [4.78, 5) is 0. The van der Waals surface area contributed by atoms with Crippen molar-refractivity contribution >= 4 is 0 Å². The molecule has 0 aromatic heterocycles. The Morgan fingerprint density at radius 2 is 0.348 bits per heavy atom. The molecule has 18 nitrogen and oxygen atoms in total. The molecule has 0 heterocycles. The zero-order valence-electron chi connectivity index (χ0n) is 10.6. The van der Waals surface area contributed by atoms with Crippen LogP contribution in [0.3, 0.4) is 0 Å². The zero-order chi connectivity index (χ0) is 18.0. The van der Waals surface area contributed by atoms with E-state index in [9.17, 15) is 0 Å². The van der Waals surface area contributed by atoms with Crippen LogP contribution in [0.25, 0.3) is 0 Å². The fourth-order valence-corrected chi connectivity index (χ4v) is 0. The summed E-state index contributed by atoms with van der Waals surface area (Å²) in [5, 5.41) is 0. The van der Waals surface area contributed by atoms with Gasteiger partial charge in [0.1, 0.15) is 0 Å². The molecule has 0 unspecified atom stereocenters. The molecule has 0 aliphatic carbocycles. The van der Waals surface area contributed by atoms with Gasteiger partial charge >= 0.3 is 124 Å². The molecule has 8 N–H and O–H groups in total. The van der Waals surface area contributed by atoms with Gasteiger partial charge in [-0.15, -0.1) is 0 Å². The normalized spacial score (nSPS) is 10.1. The van der Waals surface area contributed by atoms with Crippen molar-refractivity contribution in [3.8, 4) is 0 Å². The van der Waals surface area contributed by atoms with Crippen molar-refractivity contribution < 1.29 is 145 Å². The summed E-state index contributed by atoms with van der Waals surface area (Å²) < 4.78 is 138. The molecule has 0 rings (SSSR count). The Morgan fingerprint density at radius 3 is 0.348 bits per heavy atom. The smallest absolute Gasteiger partial charge is 0 e. The molecule has 0 aliphatic rings. The molecule has 23 heteroatoms. The number of rotatable bonds is 0. The van der Waals surface area contributed by atoms with E-state index < -0.39 is 67.0 Å². The van der Waals surface area contributed by atoms with Gasteiger partial charge in [-0.2, -0.15) is 0 Å². The minimum atomic E-state index is -6.17. The third kappa shape index (κ3) is 5190. The van der Waals surface area contributed by atoms with Crippen LogP contribution in [0.1, 0.15) is 0 Å². The van der Waals surface area contributed by atoms with Crippen LogP contribution in [0.5, 0.6) is 0 Å². The maximum absolute atomic E-state index is 8.65.